The minimum absolute atomic E-state index is 0.189. The summed E-state index contributed by atoms with van der Waals surface area (Å²) in [5.41, 5.74) is 0. The first-order valence-electron chi connectivity index (χ1n) is 8.16. The second-order valence-corrected chi connectivity index (χ2v) is 5.90. The van der Waals surface area contributed by atoms with Crippen LogP contribution in [0, 0.1) is 5.92 Å². The fraction of sp³-hybridized carbons (Fsp3) is 0.938. The molecule has 0 aromatic heterocycles. The Labute approximate surface area is 119 Å². The summed E-state index contributed by atoms with van der Waals surface area (Å²) < 4.78 is 0. The van der Waals surface area contributed by atoms with Crippen molar-refractivity contribution >= 4 is 5.91 Å². The van der Waals surface area contributed by atoms with E-state index in [-0.39, 0.29) is 5.92 Å². The molecule has 19 heavy (non-hydrogen) atoms. The molecule has 0 aliphatic carbocycles. The van der Waals surface area contributed by atoms with E-state index in [2.05, 4.69) is 30.6 Å². The Morgan fingerprint density at radius 2 is 1.53 bits per heavy atom. The van der Waals surface area contributed by atoms with Gasteiger partial charge in [-0.1, -0.05) is 40.5 Å². The average Bonchev–Trinajstić information content (AvgIpc) is 2.45. The SMILES string of the molecule is CCCC(CCC)N1CCN(C(=O)C(C)CC)CC1. The molecule has 0 radical (unpaired) electrons. The van der Waals surface area contributed by atoms with E-state index in [0.29, 0.717) is 5.91 Å². The van der Waals surface area contributed by atoms with E-state index in [4.69, 9.17) is 0 Å². The van der Waals surface area contributed by atoms with Gasteiger partial charge in [0.25, 0.3) is 0 Å². The zero-order valence-electron chi connectivity index (χ0n) is 13.3. The monoisotopic (exact) mass is 268 g/mol. The summed E-state index contributed by atoms with van der Waals surface area (Å²) in [7, 11) is 0. The highest BCUT2D eigenvalue weighted by atomic mass is 16.2. The Morgan fingerprint density at radius 1 is 1.00 bits per heavy atom. The maximum absolute atomic E-state index is 12.2. The van der Waals surface area contributed by atoms with Crippen molar-refractivity contribution in [1.29, 1.82) is 0 Å². The first kappa shape index (κ1) is 16.5. The fourth-order valence-electron chi connectivity index (χ4n) is 2.97. The molecule has 0 spiro atoms. The van der Waals surface area contributed by atoms with Gasteiger partial charge in [-0.2, -0.15) is 0 Å². The van der Waals surface area contributed by atoms with Gasteiger partial charge in [0.2, 0.25) is 5.91 Å². The molecule has 1 saturated heterocycles. The van der Waals surface area contributed by atoms with Crippen LogP contribution in [-0.4, -0.2) is 47.9 Å². The lowest BCUT2D eigenvalue weighted by atomic mass is 10.0. The standard InChI is InChI=1S/C16H32N2O/c1-5-8-15(9-6-2)17-10-12-18(13-11-17)16(19)14(4)7-3/h14-15H,5-13H2,1-4H3. The Balaban J connectivity index is 2.44. The lowest BCUT2D eigenvalue weighted by Crippen LogP contribution is -2.52. The molecule has 1 heterocycles. The van der Waals surface area contributed by atoms with Gasteiger partial charge >= 0.3 is 0 Å². The number of piperazine rings is 1. The van der Waals surface area contributed by atoms with Gasteiger partial charge in [0.1, 0.15) is 0 Å². The van der Waals surface area contributed by atoms with Crippen LogP contribution in [0.4, 0.5) is 0 Å². The summed E-state index contributed by atoms with van der Waals surface area (Å²) in [6.45, 7) is 12.7. The summed E-state index contributed by atoms with van der Waals surface area (Å²) in [5.74, 6) is 0.540. The van der Waals surface area contributed by atoms with Crippen LogP contribution in [-0.2, 0) is 4.79 Å². The number of amides is 1. The van der Waals surface area contributed by atoms with Crippen LogP contribution in [0.15, 0.2) is 0 Å². The van der Waals surface area contributed by atoms with Crippen molar-refractivity contribution in [1.82, 2.24) is 9.80 Å². The summed E-state index contributed by atoms with van der Waals surface area (Å²) in [6, 6.07) is 0.732. The molecule has 1 amide bonds. The molecule has 0 aromatic rings. The van der Waals surface area contributed by atoms with Gasteiger partial charge in [0.15, 0.2) is 0 Å². The van der Waals surface area contributed by atoms with Gasteiger partial charge in [0.05, 0.1) is 0 Å². The number of hydrogen-bond acceptors (Lipinski definition) is 2. The molecular formula is C16H32N2O. The van der Waals surface area contributed by atoms with E-state index < -0.39 is 0 Å². The van der Waals surface area contributed by atoms with Crippen LogP contribution in [0.3, 0.4) is 0 Å². The minimum atomic E-state index is 0.189. The van der Waals surface area contributed by atoms with E-state index in [1.165, 1.54) is 25.7 Å². The molecule has 1 atom stereocenters. The summed E-state index contributed by atoms with van der Waals surface area (Å²) in [5, 5.41) is 0. The molecule has 1 unspecified atom stereocenters. The fourth-order valence-corrected chi connectivity index (χ4v) is 2.97. The quantitative estimate of drug-likeness (QED) is 0.708. The van der Waals surface area contributed by atoms with Crippen molar-refractivity contribution in [3.63, 3.8) is 0 Å². The molecule has 1 aliphatic heterocycles. The summed E-state index contributed by atoms with van der Waals surface area (Å²) >= 11 is 0. The van der Waals surface area contributed by atoms with E-state index in [1.54, 1.807) is 0 Å². The van der Waals surface area contributed by atoms with Crippen LogP contribution in [0.2, 0.25) is 0 Å². The largest absolute Gasteiger partial charge is 0.340 e. The first-order chi connectivity index (χ1) is 9.13. The first-order valence-corrected chi connectivity index (χ1v) is 8.16. The van der Waals surface area contributed by atoms with Crippen molar-refractivity contribution in [2.75, 3.05) is 26.2 Å². The average molecular weight is 268 g/mol. The predicted molar refractivity (Wildman–Crippen MR) is 81.2 cm³/mol. The lowest BCUT2D eigenvalue weighted by molar-refractivity contribution is -0.137. The number of carbonyl (C=O) groups is 1. The van der Waals surface area contributed by atoms with Crippen molar-refractivity contribution in [2.45, 2.75) is 65.8 Å². The third-order valence-corrected chi connectivity index (χ3v) is 4.42. The molecule has 3 nitrogen and oxygen atoms in total. The minimum Gasteiger partial charge on any atom is -0.340 e. The molecule has 0 N–H and O–H groups in total. The van der Waals surface area contributed by atoms with Crippen LogP contribution >= 0.6 is 0 Å². The van der Waals surface area contributed by atoms with Crippen molar-refractivity contribution < 1.29 is 4.79 Å². The second kappa shape index (κ2) is 8.57. The number of rotatable bonds is 7. The molecule has 1 aliphatic rings. The van der Waals surface area contributed by atoms with Crippen LogP contribution in [0.25, 0.3) is 0 Å². The van der Waals surface area contributed by atoms with Crippen molar-refractivity contribution in [2.24, 2.45) is 5.92 Å². The Bertz CT molecular complexity index is 253. The Morgan fingerprint density at radius 3 is 1.95 bits per heavy atom. The maximum Gasteiger partial charge on any atom is 0.225 e. The third kappa shape index (κ3) is 4.79. The number of nitrogens with zero attached hydrogens (tertiary/aromatic N) is 2. The molecule has 0 aromatic carbocycles. The molecule has 0 bridgehead atoms. The van der Waals surface area contributed by atoms with Crippen LogP contribution in [0.5, 0.6) is 0 Å². The van der Waals surface area contributed by atoms with Crippen LogP contribution < -0.4 is 0 Å². The summed E-state index contributed by atoms with van der Waals surface area (Å²) in [6.07, 6.45) is 6.07. The lowest BCUT2D eigenvalue weighted by Gasteiger charge is -2.40. The summed E-state index contributed by atoms with van der Waals surface area (Å²) in [4.78, 5) is 16.8. The second-order valence-electron chi connectivity index (χ2n) is 5.90. The van der Waals surface area contributed by atoms with Gasteiger partial charge in [-0.25, -0.2) is 0 Å². The van der Waals surface area contributed by atoms with Crippen molar-refractivity contribution in [3.8, 4) is 0 Å². The predicted octanol–water partition coefficient (Wildman–Crippen LogP) is 3.15. The molecule has 3 heteroatoms. The topological polar surface area (TPSA) is 23.6 Å². The highest BCUT2D eigenvalue weighted by molar-refractivity contribution is 5.78. The van der Waals surface area contributed by atoms with Crippen LogP contribution in [0.1, 0.15) is 59.8 Å². The van der Waals surface area contributed by atoms with Gasteiger partial charge in [-0.15, -0.1) is 0 Å². The zero-order valence-corrected chi connectivity index (χ0v) is 13.3. The van der Waals surface area contributed by atoms with E-state index in [1.807, 2.05) is 6.92 Å². The zero-order chi connectivity index (χ0) is 14.3. The van der Waals surface area contributed by atoms with Gasteiger partial charge in [-0.3, -0.25) is 9.69 Å². The molecule has 0 saturated carbocycles. The van der Waals surface area contributed by atoms with Gasteiger partial charge in [-0.05, 0) is 19.3 Å². The van der Waals surface area contributed by atoms with Gasteiger partial charge in [0, 0.05) is 38.1 Å². The van der Waals surface area contributed by atoms with E-state index in [9.17, 15) is 4.79 Å². The highest BCUT2D eigenvalue weighted by Crippen LogP contribution is 2.17. The maximum atomic E-state index is 12.2. The molecule has 1 rings (SSSR count). The molecule has 1 fully saturated rings. The smallest absolute Gasteiger partial charge is 0.225 e. The van der Waals surface area contributed by atoms with Crippen molar-refractivity contribution in [3.05, 3.63) is 0 Å². The van der Waals surface area contributed by atoms with Gasteiger partial charge < -0.3 is 4.90 Å². The number of carbonyl (C=O) groups excluding carboxylic acids is 1. The molecular weight excluding hydrogens is 236 g/mol. The normalized spacial score (nSPS) is 18.9. The molecule has 112 valence electrons. The Hall–Kier alpha value is -0.570. The third-order valence-electron chi connectivity index (χ3n) is 4.42. The van der Waals surface area contributed by atoms with E-state index >= 15 is 0 Å². The highest BCUT2D eigenvalue weighted by Gasteiger charge is 2.26. The van der Waals surface area contributed by atoms with E-state index in [0.717, 1.165) is 38.6 Å². The number of hydrogen-bond donors (Lipinski definition) is 0. The Kier molecular flexibility index (Phi) is 7.44.